The number of aromatic nitrogens is 2. The van der Waals surface area contributed by atoms with Gasteiger partial charge in [0.15, 0.2) is 5.69 Å². The van der Waals surface area contributed by atoms with E-state index >= 15 is 0 Å². The third kappa shape index (κ3) is 4.81. The summed E-state index contributed by atoms with van der Waals surface area (Å²) in [5.74, 6) is -1.27. The maximum atomic E-state index is 12.0. The highest BCUT2D eigenvalue weighted by molar-refractivity contribution is 5.85. The molecule has 1 aromatic heterocycles. The van der Waals surface area contributed by atoms with Crippen LogP contribution in [-0.2, 0) is 16.1 Å². The number of ether oxygens (including phenoxy) is 1. The monoisotopic (exact) mass is 349 g/mol. The van der Waals surface area contributed by atoms with E-state index in [9.17, 15) is 9.59 Å². The lowest BCUT2D eigenvalue weighted by Crippen LogP contribution is -2.37. The second-order valence-electron chi connectivity index (χ2n) is 7.24. The minimum Gasteiger partial charge on any atom is -0.476 e. The van der Waals surface area contributed by atoms with Gasteiger partial charge in [0.2, 0.25) is 5.91 Å². The van der Waals surface area contributed by atoms with E-state index in [4.69, 9.17) is 9.84 Å². The highest BCUT2D eigenvalue weighted by Crippen LogP contribution is 2.40. The fourth-order valence-electron chi connectivity index (χ4n) is 3.95. The third-order valence-corrected chi connectivity index (χ3v) is 5.30. The number of hydrogen-bond acceptors (Lipinski definition) is 4. The van der Waals surface area contributed by atoms with Gasteiger partial charge in [0.25, 0.3) is 0 Å². The lowest BCUT2D eigenvalue weighted by molar-refractivity contribution is -0.123. The average Bonchev–Trinajstić information content (AvgIpc) is 3.17. The molecule has 2 aliphatic rings. The Bertz CT molecular complexity index is 605. The van der Waals surface area contributed by atoms with E-state index in [2.05, 4.69) is 10.4 Å². The molecule has 7 heteroatoms. The minimum absolute atomic E-state index is 0.0190. The second-order valence-corrected chi connectivity index (χ2v) is 7.24. The van der Waals surface area contributed by atoms with Crippen molar-refractivity contribution in [1.29, 1.82) is 0 Å². The molecule has 1 saturated heterocycles. The molecule has 1 spiro atoms. The largest absolute Gasteiger partial charge is 0.476 e. The summed E-state index contributed by atoms with van der Waals surface area (Å²) in [4.78, 5) is 22.8. The molecule has 3 rings (SSSR count). The van der Waals surface area contributed by atoms with Crippen LogP contribution in [0.4, 0.5) is 0 Å². The first-order chi connectivity index (χ1) is 12.1. The number of aromatic carboxylic acids is 1. The van der Waals surface area contributed by atoms with Gasteiger partial charge in [-0.15, -0.1) is 0 Å². The highest BCUT2D eigenvalue weighted by Gasteiger charge is 2.39. The van der Waals surface area contributed by atoms with Crippen LogP contribution in [-0.4, -0.2) is 45.0 Å². The van der Waals surface area contributed by atoms with Crippen molar-refractivity contribution in [2.75, 3.05) is 6.54 Å². The molecule has 1 unspecified atom stereocenters. The Hall–Kier alpha value is -1.89. The van der Waals surface area contributed by atoms with E-state index in [1.165, 1.54) is 49.0 Å². The Morgan fingerprint density at radius 3 is 2.64 bits per heavy atom. The zero-order chi connectivity index (χ0) is 17.7. The summed E-state index contributed by atoms with van der Waals surface area (Å²) in [6, 6.07) is 1.38. The summed E-state index contributed by atoms with van der Waals surface area (Å²) in [5.41, 5.74) is -0.0214. The fourth-order valence-corrected chi connectivity index (χ4v) is 3.95. The molecule has 7 nitrogen and oxygen atoms in total. The molecule has 1 saturated carbocycles. The Morgan fingerprint density at radius 1 is 1.24 bits per heavy atom. The van der Waals surface area contributed by atoms with Crippen molar-refractivity contribution in [3.63, 3.8) is 0 Å². The normalized spacial score (nSPS) is 23.1. The standard InChI is InChI=1S/C18H27N3O4/c22-16(13-21-11-7-15(20-21)17(23)24)19-12-14-6-10-18(25-14)8-4-2-1-3-5-9-18/h7,11,14H,1-6,8-10,12-13H2,(H,19,22)(H,23,24). The number of amides is 1. The quantitative estimate of drug-likeness (QED) is 0.851. The number of carbonyl (C=O) groups is 2. The summed E-state index contributed by atoms with van der Waals surface area (Å²) in [5, 5.41) is 15.6. The molecule has 1 aliphatic heterocycles. The summed E-state index contributed by atoms with van der Waals surface area (Å²) < 4.78 is 7.68. The Balaban J connectivity index is 1.43. The summed E-state index contributed by atoms with van der Waals surface area (Å²) in [7, 11) is 0. The molecule has 138 valence electrons. The van der Waals surface area contributed by atoms with E-state index in [0.29, 0.717) is 6.54 Å². The first-order valence-corrected chi connectivity index (χ1v) is 9.28. The van der Waals surface area contributed by atoms with Gasteiger partial charge in [0, 0.05) is 12.7 Å². The Kier molecular flexibility index (Phi) is 5.73. The van der Waals surface area contributed by atoms with E-state index in [-0.39, 0.29) is 29.9 Å². The SMILES string of the molecule is O=C(Cn1ccc(C(=O)O)n1)NCC1CCC2(CCCCCCC2)O1. The van der Waals surface area contributed by atoms with Crippen LogP contribution < -0.4 is 5.32 Å². The van der Waals surface area contributed by atoms with Crippen LogP contribution in [0.2, 0.25) is 0 Å². The zero-order valence-electron chi connectivity index (χ0n) is 14.6. The van der Waals surface area contributed by atoms with Crippen LogP contribution in [0.5, 0.6) is 0 Å². The minimum atomic E-state index is -1.09. The van der Waals surface area contributed by atoms with Crippen LogP contribution in [0, 0.1) is 0 Å². The number of hydrogen-bond donors (Lipinski definition) is 2. The summed E-state index contributed by atoms with van der Waals surface area (Å²) >= 11 is 0. The van der Waals surface area contributed by atoms with Crippen LogP contribution in [0.25, 0.3) is 0 Å². The van der Waals surface area contributed by atoms with Crippen LogP contribution in [0.3, 0.4) is 0 Å². The first-order valence-electron chi connectivity index (χ1n) is 9.28. The number of nitrogens with zero attached hydrogens (tertiary/aromatic N) is 2. The van der Waals surface area contributed by atoms with Crippen molar-refractivity contribution >= 4 is 11.9 Å². The predicted molar refractivity (Wildman–Crippen MR) is 91.4 cm³/mol. The maximum absolute atomic E-state index is 12.0. The molecule has 1 amide bonds. The van der Waals surface area contributed by atoms with Gasteiger partial charge in [-0.3, -0.25) is 9.48 Å². The number of carboxylic acids is 1. The molecular weight excluding hydrogens is 322 g/mol. The lowest BCUT2D eigenvalue weighted by atomic mass is 9.85. The maximum Gasteiger partial charge on any atom is 0.356 e. The van der Waals surface area contributed by atoms with Gasteiger partial charge < -0.3 is 15.2 Å². The molecule has 2 fully saturated rings. The third-order valence-electron chi connectivity index (χ3n) is 5.30. The number of carbonyl (C=O) groups excluding carboxylic acids is 1. The van der Waals surface area contributed by atoms with Gasteiger partial charge in [-0.25, -0.2) is 4.79 Å². The average molecular weight is 349 g/mol. The molecule has 0 bridgehead atoms. The van der Waals surface area contributed by atoms with Gasteiger partial charge in [-0.2, -0.15) is 5.10 Å². The topological polar surface area (TPSA) is 93.5 Å². The van der Waals surface area contributed by atoms with Crippen LogP contribution in [0.15, 0.2) is 12.3 Å². The van der Waals surface area contributed by atoms with Crippen LogP contribution in [0.1, 0.15) is 68.3 Å². The van der Waals surface area contributed by atoms with E-state index in [0.717, 1.165) is 25.7 Å². The Labute approximate surface area is 147 Å². The molecule has 1 aliphatic carbocycles. The van der Waals surface area contributed by atoms with Gasteiger partial charge in [-0.05, 0) is 31.7 Å². The molecule has 0 radical (unpaired) electrons. The van der Waals surface area contributed by atoms with Crippen molar-refractivity contribution in [3.8, 4) is 0 Å². The summed E-state index contributed by atoms with van der Waals surface area (Å²) in [6.07, 6.45) is 12.4. The number of nitrogens with one attached hydrogen (secondary N) is 1. The van der Waals surface area contributed by atoms with E-state index < -0.39 is 5.97 Å². The van der Waals surface area contributed by atoms with E-state index in [1.54, 1.807) is 0 Å². The first kappa shape index (κ1) is 17.9. The second kappa shape index (κ2) is 7.99. The molecule has 2 heterocycles. The van der Waals surface area contributed by atoms with Crippen molar-refractivity contribution in [1.82, 2.24) is 15.1 Å². The molecular formula is C18H27N3O4. The zero-order valence-corrected chi connectivity index (χ0v) is 14.6. The van der Waals surface area contributed by atoms with Crippen molar-refractivity contribution < 1.29 is 19.4 Å². The highest BCUT2D eigenvalue weighted by atomic mass is 16.5. The van der Waals surface area contributed by atoms with E-state index in [1.807, 2.05) is 0 Å². The van der Waals surface area contributed by atoms with Crippen LogP contribution >= 0.6 is 0 Å². The molecule has 1 atom stereocenters. The van der Waals surface area contributed by atoms with Crippen molar-refractivity contribution in [2.24, 2.45) is 0 Å². The van der Waals surface area contributed by atoms with Crippen molar-refractivity contribution in [3.05, 3.63) is 18.0 Å². The number of carboxylic acid groups (broad SMARTS) is 1. The molecule has 1 aromatic rings. The fraction of sp³-hybridized carbons (Fsp3) is 0.722. The predicted octanol–water partition coefficient (Wildman–Crippen LogP) is 2.36. The van der Waals surface area contributed by atoms with Gasteiger partial charge in [0.1, 0.15) is 6.54 Å². The van der Waals surface area contributed by atoms with Gasteiger partial charge in [-0.1, -0.05) is 32.1 Å². The molecule has 25 heavy (non-hydrogen) atoms. The Morgan fingerprint density at radius 2 is 1.96 bits per heavy atom. The molecule has 0 aromatic carbocycles. The summed E-state index contributed by atoms with van der Waals surface area (Å²) in [6.45, 7) is 0.527. The number of rotatable bonds is 5. The van der Waals surface area contributed by atoms with Gasteiger partial charge >= 0.3 is 5.97 Å². The lowest BCUT2D eigenvalue weighted by Gasteiger charge is -2.31. The molecule has 2 N–H and O–H groups in total. The van der Waals surface area contributed by atoms with Crippen molar-refractivity contribution in [2.45, 2.75) is 76.0 Å². The smallest absolute Gasteiger partial charge is 0.356 e. The van der Waals surface area contributed by atoms with Gasteiger partial charge in [0.05, 0.1) is 11.7 Å².